The second-order valence-electron chi connectivity index (χ2n) is 7.56. The number of esters is 1. The summed E-state index contributed by atoms with van der Waals surface area (Å²) in [6.07, 6.45) is 1.01. The fourth-order valence-electron chi connectivity index (χ4n) is 3.89. The summed E-state index contributed by atoms with van der Waals surface area (Å²) >= 11 is 2.40. The third kappa shape index (κ3) is 4.86. The lowest BCUT2D eigenvalue weighted by Crippen LogP contribution is -2.40. The summed E-state index contributed by atoms with van der Waals surface area (Å²) in [5.74, 6) is -0.950. The third-order valence-electron chi connectivity index (χ3n) is 5.52. The van der Waals surface area contributed by atoms with Crippen LogP contribution >= 0.6 is 22.7 Å². The van der Waals surface area contributed by atoms with Gasteiger partial charge in [0.1, 0.15) is 10.3 Å². The summed E-state index contributed by atoms with van der Waals surface area (Å²) in [4.78, 5) is 30.0. The highest BCUT2D eigenvalue weighted by Crippen LogP contribution is 2.29. The Morgan fingerprint density at radius 2 is 2.09 bits per heavy atom. The van der Waals surface area contributed by atoms with Gasteiger partial charge in [0.05, 0.1) is 29.5 Å². The molecule has 4 rings (SSSR count). The number of carbonyl (C=O) groups excluding carboxylic acids is 2. The number of fused-ring (bicyclic) bond motifs is 1. The van der Waals surface area contributed by atoms with Crippen LogP contribution in [-0.4, -0.2) is 62.1 Å². The van der Waals surface area contributed by atoms with Gasteiger partial charge in [0, 0.05) is 19.7 Å². The van der Waals surface area contributed by atoms with Gasteiger partial charge in [0.2, 0.25) is 0 Å². The lowest BCUT2D eigenvalue weighted by atomic mass is 10.2. The van der Waals surface area contributed by atoms with E-state index in [2.05, 4.69) is 4.99 Å². The Balaban J connectivity index is 1.72. The molecule has 3 aromatic rings. The van der Waals surface area contributed by atoms with Crippen molar-refractivity contribution >= 4 is 54.8 Å². The first kappa shape index (κ1) is 24.7. The van der Waals surface area contributed by atoms with Crippen LogP contribution in [0.15, 0.2) is 44.9 Å². The van der Waals surface area contributed by atoms with Crippen molar-refractivity contribution in [3.63, 3.8) is 0 Å². The highest BCUT2D eigenvalue weighted by atomic mass is 32.2. The minimum atomic E-state index is -3.76. The molecule has 9 nitrogen and oxygen atoms in total. The predicted molar refractivity (Wildman–Crippen MR) is 129 cm³/mol. The molecule has 1 saturated heterocycles. The number of nitrogens with zero attached hydrogens (tertiary/aromatic N) is 3. The molecule has 1 aromatic carbocycles. The van der Waals surface area contributed by atoms with E-state index in [4.69, 9.17) is 9.47 Å². The van der Waals surface area contributed by atoms with E-state index < -0.39 is 27.9 Å². The van der Waals surface area contributed by atoms with Gasteiger partial charge in [0.15, 0.2) is 4.80 Å². The number of hydrogen-bond donors (Lipinski definition) is 0. The van der Waals surface area contributed by atoms with Gasteiger partial charge in [0.25, 0.3) is 15.9 Å². The number of carbonyl (C=O) groups is 2. The number of rotatable bonds is 8. The number of sulfonamides is 1. The van der Waals surface area contributed by atoms with Gasteiger partial charge < -0.3 is 14.0 Å². The standard InChI is InChI=1S/C22H25N3O6S3/c1-3-31-12-11-24-16-9-8-15(21(27)30-2)14-18(16)33-22(24)23-20(26)17-6-4-10-25(17)34(28,29)19-7-5-13-32-19/h5,7-9,13-14,17H,3-4,6,10-12H2,1-2H3. The fourth-order valence-corrected chi connectivity index (χ4v) is 7.76. The van der Waals surface area contributed by atoms with Crippen molar-refractivity contribution in [3.8, 4) is 0 Å². The molecule has 2 aromatic heterocycles. The maximum absolute atomic E-state index is 13.2. The van der Waals surface area contributed by atoms with Crippen LogP contribution in [0.5, 0.6) is 0 Å². The Morgan fingerprint density at radius 1 is 1.26 bits per heavy atom. The number of thiophene rings is 1. The number of ether oxygens (including phenoxy) is 2. The lowest BCUT2D eigenvalue weighted by Gasteiger charge is -2.20. The Labute approximate surface area is 205 Å². The van der Waals surface area contributed by atoms with Crippen molar-refractivity contribution in [1.29, 1.82) is 0 Å². The van der Waals surface area contributed by atoms with Crippen molar-refractivity contribution in [2.45, 2.75) is 36.6 Å². The molecule has 0 N–H and O–H groups in total. The zero-order valence-electron chi connectivity index (χ0n) is 18.8. The first-order valence-electron chi connectivity index (χ1n) is 10.8. The third-order valence-corrected chi connectivity index (χ3v) is 9.84. The Hall–Kier alpha value is -2.38. The van der Waals surface area contributed by atoms with E-state index in [1.807, 2.05) is 11.5 Å². The maximum Gasteiger partial charge on any atom is 0.337 e. The lowest BCUT2D eigenvalue weighted by molar-refractivity contribution is -0.121. The molecule has 12 heteroatoms. The zero-order chi connectivity index (χ0) is 24.3. The summed E-state index contributed by atoms with van der Waals surface area (Å²) in [5.41, 5.74) is 1.20. The molecule has 3 heterocycles. The molecule has 1 atom stereocenters. The smallest absolute Gasteiger partial charge is 0.337 e. The summed E-state index contributed by atoms with van der Waals surface area (Å²) in [6, 6.07) is 7.53. The Kier molecular flexibility index (Phi) is 7.63. The van der Waals surface area contributed by atoms with E-state index in [1.54, 1.807) is 35.7 Å². The second kappa shape index (κ2) is 10.5. The molecule has 34 heavy (non-hydrogen) atoms. The molecular formula is C22H25N3O6S3. The average Bonchev–Trinajstić information content (AvgIpc) is 3.58. The molecule has 0 saturated carbocycles. The predicted octanol–water partition coefficient (Wildman–Crippen LogP) is 2.87. The van der Waals surface area contributed by atoms with Gasteiger partial charge in [-0.15, -0.1) is 11.3 Å². The molecular weight excluding hydrogens is 498 g/mol. The van der Waals surface area contributed by atoms with Crippen molar-refractivity contribution in [3.05, 3.63) is 46.1 Å². The highest BCUT2D eigenvalue weighted by molar-refractivity contribution is 7.91. The molecule has 1 amide bonds. The molecule has 1 fully saturated rings. The van der Waals surface area contributed by atoms with Gasteiger partial charge in [-0.2, -0.15) is 9.30 Å². The van der Waals surface area contributed by atoms with Crippen LogP contribution in [0.4, 0.5) is 0 Å². The van der Waals surface area contributed by atoms with Crippen LogP contribution < -0.4 is 4.80 Å². The van der Waals surface area contributed by atoms with E-state index >= 15 is 0 Å². The SMILES string of the molecule is CCOCCn1c(=NC(=O)C2CCCN2S(=O)(=O)c2cccs2)sc2cc(C(=O)OC)ccc21. The molecule has 0 spiro atoms. The minimum Gasteiger partial charge on any atom is -0.465 e. The van der Waals surface area contributed by atoms with Crippen molar-refractivity contribution in [1.82, 2.24) is 8.87 Å². The molecule has 182 valence electrons. The average molecular weight is 524 g/mol. The van der Waals surface area contributed by atoms with Crippen LogP contribution in [0.2, 0.25) is 0 Å². The van der Waals surface area contributed by atoms with Gasteiger partial charge in [-0.1, -0.05) is 17.4 Å². The number of thiazole rings is 1. The van der Waals surface area contributed by atoms with Crippen molar-refractivity contribution in [2.24, 2.45) is 4.99 Å². The quantitative estimate of drug-likeness (QED) is 0.332. The van der Waals surface area contributed by atoms with Crippen LogP contribution in [0, 0.1) is 0 Å². The van der Waals surface area contributed by atoms with E-state index in [1.165, 1.54) is 22.8 Å². The molecule has 0 bridgehead atoms. The highest BCUT2D eigenvalue weighted by Gasteiger charge is 2.40. The van der Waals surface area contributed by atoms with Gasteiger partial charge in [-0.25, -0.2) is 13.2 Å². The number of aromatic nitrogens is 1. The molecule has 1 unspecified atom stereocenters. The van der Waals surface area contributed by atoms with Crippen molar-refractivity contribution < 1.29 is 27.5 Å². The van der Waals surface area contributed by atoms with E-state index in [9.17, 15) is 18.0 Å². The van der Waals surface area contributed by atoms with Gasteiger partial charge in [-0.05, 0) is 49.4 Å². The molecule has 1 aliphatic rings. The van der Waals surface area contributed by atoms with Crippen molar-refractivity contribution in [2.75, 3.05) is 26.9 Å². The van der Waals surface area contributed by atoms with E-state index in [-0.39, 0.29) is 10.8 Å². The first-order valence-corrected chi connectivity index (χ1v) is 13.9. The molecule has 1 aliphatic heterocycles. The van der Waals surface area contributed by atoms with Gasteiger partial charge >= 0.3 is 5.97 Å². The number of hydrogen-bond acceptors (Lipinski definition) is 8. The first-order chi connectivity index (χ1) is 16.4. The van der Waals surface area contributed by atoms with E-state index in [0.29, 0.717) is 43.0 Å². The monoisotopic (exact) mass is 523 g/mol. The van der Waals surface area contributed by atoms with Crippen LogP contribution in [0.25, 0.3) is 10.2 Å². The number of methoxy groups -OCH3 is 1. The van der Waals surface area contributed by atoms with Crippen LogP contribution in [-0.2, 0) is 30.8 Å². The minimum absolute atomic E-state index is 0.219. The zero-order valence-corrected chi connectivity index (χ0v) is 21.2. The Morgan fingerprint density at radius 3 is 2.79 bits per heavy atom. The normalized spacial score (nSPS) is 17.5. The largest absolute Gasteiger partial charge is 0.465 e. The summed E-state index contributed by atoms with van der Waals surface area (Å²) in [7, 11) is -2.44. The Bertz CT molecular complexity index is 1360. The molecule has 0 aliphatic carbocycles. The van der Waals surface area contributed by atoms with Crippen LogP contribution in [0.1, 0.15) is 30.1 Å². The van der Waals surface area contributed by atoms with E-state index in [0.717, 1.165) is 21.6 Å². The number of amides is 1. The van der Waals surface area contributed by atoms with Gasteiger partial charge in [-0.3, -0.25) is 4.79 Å². The molecule has 0 radical (unpaired) electrons. The fraction of sp³-hybridized carbons (Fsp3) is 0.409. The summed E-state index contributed by atoms with van der Waals surface area (Å²) in [5, 5.41) is 1.70. The van der Waals surface area contributed by atoms with Crippen LogP contribution in [0.3, 0.4) is 0 Å². The number of benzene rings is 1. The summed E-state index contributed by atoms with van der Waals surface area (Å²) in [6.45, 7) is 3.62. The topological polar surface area (TPSA) is 107 Å². The summed E-state index contributed by atoms with van der Waals surface area (Å²) < 4.78 is 40.5. The second-order valence-corrected chi connectivity index (χ2v) is 11.6. The maximum atomic E-state index is 13.2.